The number of hydrazone groups is 1. The minimum Gasteiger partial charge on any atom is -0.278 e. The van der Waals surface area contributed by atoms with Gasteiger partial charge in [0.15, 0.2) is 0 Å². The molecule has 1 aliphatic carbocycles. The Bertz CT molecular complexity index is 1050. The first-order valence-corrected chi connectivity index (χ1v) is 9.34. The van der Waals surface area contributed by atoms with Crippen LogP contribution < -0.4 is 5.43 Å². The summed E-state index contributed by atoms with van der Waals surface area (Å²) >= 11 is 0. The van der Waals surface area contributed by atoms with E-state index >= 15 is 0 Å². The van der Waals surface area contributed by atoms with Gasteiger partial charge in [-0.05, 0) is 48.2 Å². The van der Waals surface area contributed by atoms with Crippen molar-refractivity contribution in [2.24, 2.45) is 5.10 Å². The molecule has 0 bridgehead atoms. The molecule has 0 saturated carbocycles. The van der Waals surface area contributed by atoms with Crippen molar-refractivity contribution in [3.8, 4) is 0 Å². The highest BCUT2D eigenvalue weighted by Crippen LogP contribution is 2.46. The molecule has 2 atom stereocenters. The number of pyridine rings is 1. The van der Waals surface area contributed by atoms with Crippen molar-refractivity contribution >= 4 is 11.4 Å². The number of hydrogen-bond donors (Lipinski definition) is 1. The third-order valence-corrected chi connectivity index (χ3v) is 5.69. The summed E-state index contributed by atoms with van der Waals surface area (Å²) in [4.78, 5) is 4.22. The summed E-state index contributed by atoms with van der Waals surface area (Å²) in [6, 6.07) is 19.5. The molecule has 1 N–H and O–H groups in total. The molecule has 0 spiro atoms. The molecule has 3 aromatic rings. The highest BCUT2D eigenvalue weighted by atomic mass is 15.3. The van der Waals surface area contributed by atoms with Crippen LogP contribution in [0.4, 0.5) is 0 Å². The van der Waals surface area contributed by atoms with Gasteiger partial charge in [-0.25, -0.2) is 0 Å². The molecule has 27 heavy (non-hydrogen) atoms. The average molecular weight is 351 g/mol. The van der Waals surface area contributed by atoms with Crippen molar-refractivity contribution in [1.29, 1.82) is 0 Å². The molecule has 1 aromatic heterocycles. The SMILES string of the molecule is C=C1NN=C2c3c(cc(C)cc31)CC(c1ccncc1)C2c1ccccc1. The molecule has 0 amide bonds. The van der Waals surface area contributed by atoms with Crippen LogP contribution in [-0.2, 0) is 6.42 Å². The predicted octanol–water partition coefficient (Wildman–Crippen LogP) is 4.79. The smallest absolute Gasteiger partial charge is 0.0769 e. The van der Waals surface area contributed by atoms with Crippen LogP contribution >= 0.6 is 0 Å². The molecule has 0 saturated heterocycles. The van der Waals surface area contributed by atoms with Gasteiger partial charge >= 0.3 is 0 Å². The number of benzene rings is 2. The number of rotatable bonds is 2. The lowest BCUT2D eigenvalue weighted by atomic mass is 9.67. The average Bonchev–Trinajstić information content (AvgIpc) is 2.71. The highest BCUT2D eigenvalue weighted by Gasteiger charge is 2.39. The van der Waals surface area contributed by atoms with E-state index in [4.69, 9.17) is 5.10 Å². The topological polar surface area (TPSA) is 37.3 Å². The number of nitrogens with one attached hydrogen (secondary N) is 1. The largest absolute Gasteiger partial charge is 0.278 e. The Kier molecular flexibility index (Phi) is 3.68. The third kappa shape index (κ3) is 2.58. The highest BCUT2D eigenvalue weighted by molar-refractivity contribution is 6.12. The molecule has 2 unspecified atom stereocenters. The molecular weight excluding hydrogens is 330 g/mol. The van der Waals surface area contributed by atoms with Crippen LogP contribution in [0.2, 0.25) is 0 Å². The van der Waals surface area contributed by atoms with E-state index < -0.39 is 0 Å². The second kappa shape index (κ2) is 6.20. The summed E-state index contributed by atoms with van der Waals surface area (Å²) in [5.41, 5.74) is 12.9. The van der Waals surface area contributed by atoms with Crippen molar-refractivity contribution in [1.82, 2.24) is 10.4 Å². The fourth-order valence-electron chi connectivity index (χ4n) is 4.55. The molecule has 5 rings (SSSR count). The van der Waals surface area contributed by atoms with E-state index in [1.165, 1.54) is 33.4 Å². The van der Waals surface area contributed by atoms with Gasteiger partial charge in [0.1, 0.15) is 0 Å². The lowest BCUT2D eigenvalue weighted by molar-refractivity contribution is 0.615. The molecule has 2 heterocycles. The van der Waals surface area contributed by atoms with Gasteiger partial charge in [0.05, 0.1) is 11.4 Å². The van der Waals surface area contributed by atoms with Crippen LogP contribution in [0.15, 0.2) is 78.7 Å². The van der Waals surface area contributed by atoms with Crippen LogP contribution in [-0.4, -0.2) is 10.7 Å². The maximum absolute atomic E-state index is 4.80. The number of aromatic nitrogens is 1. The quantitative estimate of drug-likeness (QED) is 0.721. The van der Waals surface area contributed by atoms with Gasteiger partial charge in [-0.1, -0.05) is 48.5 Å². The van der Waals surface area contributed by atoms with Crippen LogP contribution in [0.5, 0.6) is 0 Å². The van der Waals surface area contributed by atoms with Gasteiger partial charge in [0.2, 0.25) is 0 Å². The third-order valence-electron chi connectivity index (χ3n) is 5.69. The van der Waals surface area contributed by atoms with Crippen molar-refractivity contribution in [2.45, 2.75) is 25.2 Å². The van der Waals surface area contributed by atoms with Gasteiger partial charge in [-0.15, -0.1) is 0 Å². The van der Waals surface area contributed by atoms with E-state index in [0.717, 1.165) is 17.8 Å². The van der Waals surface area contributed by atoms with E-state index in [9.17, 15) is 0 Å². The Balaban J connectivity index is 1.76. The predicted molar refractivity (Wildman–Crippen MR) is 110 cm³/mol. The molecule has 3 heteroatoms. The first-order chi connectivity index (χ1) is 13.2. The van der Waals surface area contributed by atoms with E-state index in [-0.39, 0.29) is 5.92 Å². The molecule has 0 fully saturated rings. The molecular formula is C24H21N3. The minimum absolute atomic E-state index is 0.197. The van der Waals surface area contributed by atoms with Crippen molar-refractivity contribution < 1.29 is 0 Å². The number of hydrogen-bond acceptors (Lipinski definition) is 3. The minimum atomic E-state index is 0.197. The lowest BCUT2D eigenvalue weighted by Gasteiger charge is -2.38. The van der Waals surface area contributed by atoms with Gasteiger partial charge in [-0.2, -0.15) is 5.10 Å². The Morgan fingerprint density at radius 1 is 1.00 bits per heavy atom. The summed E-state index contributed by atoms with van der Waals surface area (Å²) in [7, 11) is 0. The van der Waals surface area contributed by atoms with Gasteiger partial charge in [0.25, 0.3) is 0 Å². The van der Waals surface area contributed by atoms with Crippen LogP contribution in [0.25, 0.3) is 5.70 Å². The van der Waals surface area contributed by atoms with Crippen LogP contribution in [0.1, 0.15) is 45.2 Å². The van der Waals surface area contributed by atoms with Crippen molar-refractivity contribution in [2.75, 3.05) is 0 Å². The van der Waals surface area contributed by atoms with E-state index in [1.807, 2.05) is 12.4 Å². The number of nitrogens with zero attached hydrogens (tertiary/aromatic N) is 2. The summed E-state index contributed by atoms with van der Waals surface area (Å²) in [5.74, 6) is 0.521. The normalized spacial score (nSPS) is 20.5. The van der Waals surface area contributed by atoms with Crippen molar-refractivity contribution in [3.63, 3.8) is 0 Å². The van der Waals surface area contributed by atoms with Crippen molar-refractivity contribution in [3.05, 3.63) is 107 Å². The van der Waals surface area contributed by atoms with Crippen LogP contribution in [0.3, 0.4) is 0 Å². The Morgan fingerprint density at radius 3 is 2.56 bits per heavy atom. The molecule has 132 valence electrons. The fourth-order valence-corrected chi connectivity index (χ4v) is 4.55. The molecule has 2 aromatic carbocycles. The molecule has 2 aliphatic rings. The van der Waals surface area contributed by atoms with Crippen LogP contribution in [0, 0.1) is 6.92 Å². The van der Waals surface area contributed by atoms with Gasteiger partial charge in [0, 0.05) is 35.4 Å². The number of aryl methyl sites for hydroxylation is 1. The zero-order chi connectivity index (χ0) is 18.4. The zero-order valence-corrected chi connectivity index (χ0v) is 15.3. The molecule has 3 nitrogen and oxygen atoms in total. The standard InChI is InChI=1S/C24H21N3/c1-15-12-19-14-21(17-8-10-25-11-9-17)22(18-6-4-3-5-7-18)24-23(19)20(13-15)16(2)26-27-24/h3-13,21-22,26H,2,14H2,1H3. The maximum atomic E-state index is 4.80. The lowest BCUT2D eigenvalue weighted by Crippen LogP contribution is -2.34. The second-order valence-electron chi connectivity index (χ2n) is 7.41. The first-order valence-electron chi connectivity index (χ1n) is 9.34. The first kappa shape index (κ1) is 16.0. The molecule has 1 aliphatic heterocycles. The van der Waals surface area contributed by atoms with E-state index in [1.54, 1.807) is 0 Å². The monoisotopic (exact) mass is 351 g/mol. The maximum Gasteiger partial charge on any atom is 0.0769 e. The molecule has 0 radical (unpaired) electrons. The summed E-state index contributed by atoms with van der Waals surface area (Å²) in [6.45, 7) is 6.33. The second-order valence-corrected chi connectivity index (χ2v) is 7.41. The Morgan fingerprint density at radius 2 is 1.78 bits per heavy atom. The summed E-state index contributed by atoms with van der Waals surface area (Å²) in [6.07, 6.45) is 4.76. The Hall–Kier alpha value is -3.20. The zero-order valence-electron chi connectivity index (χ0n) is 15.3. The van der Waals surface area contributed by atoms with E-state index in [0.29, 0.717) is 5.92 Å². The Labute approximate surface area is 159 Å². The summed E-state index contributed by atoms with van der Waals surface area (Å²) in [5, 5.41) is 4.80. The van der Waals surface area contributed by atoms with Gasteiger partial charge < -0.3 is 0 Å². The van der Waals surface area contributed by atoms with Gasteiger partial charge in [-0.3, -0.25) is 10.4 Å². The summed E-state index contributed by atoms with van der Waals surface area (Å²) < 4.78 is 0. The fraction of sp³-hybridized carbons (Fsp3) is 0.167. The van der Waals surface area contributed by atoms with E-state index in [2.05, 4.69) is 78.5 Å².